The molecule has 2 rings (SSSR count). The van der Waals surface area contributed by atoms with Gasteiger partial charge in [-0.1, -0.05) is 0 Å². The molecule has 1 saturated heterocycles. The van der Waals surface area contributed by atoms with E-state index in [9.17, 15) is 4.79 Å². The summed E-state index contributed by atoms with van der Waals surface area (Å²) in [6, 6.07) is 2.12. The summed E-state index contributed by atoms with van der Waals surface area (Å²) in [6.07, 6.45) is 1.56. The smallest absolute Gasteiger partial charge is 0.407 e. The summed E-state index contributed by atoms with van der Waals surface area (Å²) < 4.78 is 6.05. The number of nitrogens with one attached hydrogen (secondary N) is 1. The van der Waals surface area contributed by atoms with Crippen LogP contribution < -0.4 is 5.32 Å². The second kappa shape index (κ2) is 4.14. The van der Waals surface area contributed by atoms with E-state index < -0.39 is 0 Å². The predicted octanol–water partition coefficient (Wildman–Crippen LogP) is 2.94. The summed E-state index contributed by atoms with van der Waals surface area (Å²) in [4.78, 5) is 10.9. The molecule has 1 aliphatic heterocycles. The van der Waals surface area contributed by atoms with Gasteiger partial charge in [0, 0.05) is 0 Å². The van der Waals surface area contributed by atoms with E-state index in [1.165, 1.54) is 5.56 Å². The Balaban J connectivity index is 1.90. The summed E-state index contributed by atoms with van der Waals surface area (Å²) in [5, 5.41) is 4.97. The third kappa shape index (κ3) is 2.72. The fraction of sp³-hybridized carbons (Fsp3) is 0.500. The highest BCUT2D eigenvalue weighted by Gasteiger charge is 2.34. The van der Waals surface area contributed by atoms with Crippen LogP contribution in [0.5, 0.6) is 0 Å². The average molecular weight is 290 g/mol. The van der Waals surface area contributed by atoms with Gasteiger partial charge in [-0.2, -0.15) is 0 Å². The van der Waals surface area contributed by atoms with Crippen LogP contribution in [0.4, 0.5) is 4.79 Å². The fourth-order valence-electron chi connectivity index (χ4n) is 1.58. The molecule has 0 spiro atoms. The quantitative estimate of drug-likeness (QED) is 0.929. The molecule has 82 valence electrons. The van der Waals surface area contributed by atoms with E-state index in [4.69, 9.17) is 4.74 Å². The number of carbonyl (C=O) groups is 1. The van der Waals surface area contributed by atoms with Crippen LogP contribution in [-0.2, 0) is 11.2 Å². The lowest BCUT2D eigenvalue weighted by Gasteiger charge is -2.20. The third-order valence-electron chi connectivity index (χ3n) is 2.51. The average Bonchev–Trinajstić information content (AvgIpc) is 2.71. The number of alkyl carbamates (subject to hydrolysis) is 1. The normalized spacial score (nSPS) is 25.1. The zero-order valence-electron chi connectivity index (χ0n) is 8.38. The maximum absolute atomic E-state index is 10.9. The van der Waals surface area contributed by atoms with E-state index in [2.05, 4.69) is 32.7 Å². The molecule has 1 aromatic heterocycles. The van der Waals surface area contributed by atoms with Crippen LogP contribution in [0, 0.1) is 0 Å². The molecule has 0 radical (unpaired) electrons. The van der Waals surface area contributed by atoms with Gasteiger partial charge < -0.3 is 10.1 Å². The van der Waals surface area contributed by atoms with Crippen molar-refractivity contribution in [1.29, 1.82) is 0 Å². The summed E-state index contributed by atoms with van der Waals surface area (Å²) >= 11 is 5.12. The van der Waals surface area contributed by atoms with Crippen LogP contribution in [0.25, 0.3) is 0 Å². The van der Waals surface area contributed by atoms with Gasteiger partial charge in [-0.25, -0.2) is 4.79 Å². The van der Waals surface area contributed by atoms with Crippen molar-refractivity contribution >= 4 is 33.4 Å². The number of hydrogen-bond donors (Lipinski definition) is 1. The van der Waals surface area contributed by atoms with Gasteiger partial charge in [-0.05, 0) is 52.7 Å². The lowest BCUT2D eigenvalue weighted by molar-refractivity contribution is 0.172. The number of cyclic esters (lactones) is 1. The molecule has 0 bridgehead atoms. The van der Waals surface area contributed by atoms with E-state index >= 15 is 0 Å². The largest absolute Gasteiger partial charge is 0.447 e. The van der Waals surface area contributed by atoms with Gasteiger partial charge in [-0.3, -0.25) is 0 Å². The highest BCUT2D eigenvalue weighted by Crippen LogP contribution is 2.24. The van der Waals surface area contributed by atoms with Gasteiger partial charge >= 0.3 is 6.09 Å². The second-order valence-electron chi connectivity index (χ2n) is 4.02. The minimum Gasteiger partial charge on any atom is -0.447 e. The number of ether oxygens (including phenoxy) is 1. The van der Waals surface area contributed by atoms with Crippen molar-refractivity contribution in [2.45, 2.75) is 25.3 Å². The van der Waals surface area contributed by atoms with Gasteiger partial charge in [0.15, 0.2) is 0 Å². The predicted molar refractivity (Wildman–Crippen MR) is 63.2 cm³/mol. The molecule has 2 heterocycles. The van der Waals surface area contributed by atoms with Crippen molar-refractivity contribution in [3.05, 3.63) is 20.8 Å². The second-order valence-corrected chi connectivity index (χ2v) is 6.31. The van der Waals surface area contributed by atoms with E-state index in [-0.39, 0.29) is 11.6 Å². The Hall–Kier alpha value is -0.550. The van der Waals surface area contributed by atoms with E-state index in [1.54, 1.807) is 11.3 Å². The third-order valence-corrected chi connectivity index (χ3v) is 4.07. The standard InChI is InChI=1S/C10H12BrNO2S/c1-10(6-14-9(13)12-10)3-2-7-4-8(11)15-5-7/h4-5H,2-3,6H2,1H3,(H,12,13). The molecule has 3 nitrogen and oxygen atoms in total. The molecular weight excluding hydrogens is 278 g/mol. The van der Waals surface area contributed by atoms with E-state index in [1.807, 2.05) is 6.92 Å². The van der Waals surface area contributed by atoms with Gasteiger partial charge in [0.1, 0.15) is 6.61 Å². The first-order chi connectivity index (χ1) is 7.07. The molecule has 0 aliphatic carbocycles. The summed E-state index contributed by atoms with van der Waals surface area (Å²) in [7, 11) is 0. The number of aryl methyl sites for hydroxylation is 1. The van der Waals surface area contributed by atoms with Gasteiger partial charge in [0.05, 0.1) is 9.33 Å². The molecule has 0 saturated carbocycles. The van der Waals surface area contributed by atoms with Crippen LogP contribution in [0.3, 0.4) is 0 Å². The molecule has 5 heteroatoms. The minimum absolute atomic E-state index is 0.203. The first kappa shape index (κ1) is 11.0. The zero-order valence-corrected chi connectivity index (χ0v) is 10.8. The first-order valence-electron chi connectivity index (χ1n) is 4.75. The van der Waals surface area contributed by atoms with Crippen LogP contribution >= 0.6 is 27.3 Å². The Bertz CT molecular complexity index is 379. The van der Waals surface area contributed by atoms with Crippen molar-refractivity contribution in [3.63, 3.8) is 0 Å². The molecule has 0 aromatic carbocycles. The van der Waals surface area contributed by atoms with Crippen molar-refractivity contribution in [3.8, 4) is 0 Å². The molecule has 1 amide bonds. The number of amides is 1. The summed E-state index contributed by atoms with van der Waals surface area (Å²) in [5.41, 5.74) is 1.10. The van der Waals surface area contributed by atoms with Crippen molar-refractivity contribution < 1.29 is 9.53 Å². The number of rotatable bonds is 3. The van der Waals surface area contributed by atoms with Crippen molar-refractivity contribution in [2.75, 3.05) is 6.61 Å². The molecule has 1 unspecified atom stereocenters. The van der Waals surface area contributed by atoms with Gasteiger partial charge in [-0.15, -0.1) is 11.3 Å². The lowest BCUT2D eigenvalue weighted by atomic mass is 9.96. The van der Waals surface area contributed by atoms with Gasteiger partial charge in [0.2, 0.25) is 0 Å². The van der Waals surface area contributed by atoms with Crippen LogP contribution in [0.15, 0.2) is 15.2 Å². The van der Waals surface area contributed by atoms with Crippen LogP contribution in [0.2, 0.25) is 0 Å². The highest BCUT2D eigenvalue weighted by atomic mass is 79.9. The first-order valence-corrected chi connectivity index (χ1v) is 6.43. The maximum atomic E-state index is 10.9. The molecule has 1 aliphatic rings. The summed E-state index contributed by atoms with van der Waals surface area (Å²) in [6.45, 7) is 2.48. The number of hydrogen-bond acceptors (Lipinski definition) is 3. The SMILES string of the molecule is CC1(CCc2csc(Br)c2)COC(=O)N1. The monoisotopic (exact) mass is 289 g/mol. The minimum atomic E-state index is -0.302. The summed E-state index contributed by atoms with van der Waals surface area (Å²) in [5.74, 6) is 0. The molecule has 15 heavy (non-hydrogen) atoms. The fourth-order valence-corrected chi connectivity index (χ4v) is 2.82. The number of thiophene rings is 1. The molecule has 1 atom stereocenters. The van der Waals surface area contributed by atoms with Gasteiger partial charge in [0.25, 0.3) is 0 Å². The number of halogens is 1. The van der Waals surface area contributed by atoms with Crippen molar-refractivity contribution in [1.82, 2.24) is 5.32 Å². The molecular formula is C10H12BrNO2S. The van der Waals surface area contributed by atoms with Crippen LogP contribution in [0.1, 0.15) is 18.9 Å². The van der Waals surface area contributed by atoms with E-state index in [0.29, 0.717) is 6.61 Å². The van der Waals surface area contributed by atoms with Crippen LogP contribution in [-0.4, -0.2) is 18.2 Å². The number of carbonyl (C=O) groups excluding carboxylic acids is 1. The van der Waals surface area contributed by atoms with E-state index in [0.717, 1.165) is 16.6 Å². The topological polar surface area (TPSA) is 38.3 Å². The molecule has 1 N–H and O–H groups in total. The lowest BCUT2D eigenvalue weighted by Crippen LogP contribution is -2.40. The molecule has 1 aromatic rings. The van der Waals surface area contributed by atoms with Crippen molar-refractivity contribution in [2.24, 2.45) is 0 Å². The Kier molecular flexibility index (Phi) is 3.02. The Morgan fingerprint density at radius 2 is 2.53 bits per heavy atom. The molecule has 1 fully saturated rings. The Labute approximate surface area is 101 Å². The zero-order chi connectivity index (χ0) is 10.9. The Morgan fingerprint density at radius 3 is 3.07 bits per heavy atom. The maximum Gasteiger partial charge on any atom is 0.407 e. The Morgan fingerprint density at radius 1 is 1.73 bits per heavy atom. The highest BCUT2D eigenvalue weighted by molar-refractivity contribution is 9.11.